The Morgan fingerprint density at radius 3 is 2.79 bits per heavy atom. The van der Waals surface area contributed by atoms with E-state index >= 15 is 0 Å². The summed E-state index contributed by atoms with van der Waals surface area (Å²) in [7, 11) is 1.60. The standard InChI is InChI=1S/C22H22ClN5O4S/c1-12(19(29)24-14-5-7-16-18(11-14)26-21(31)25-16)33-22-27-17-10-13(23)4-6-15(17)20(30)28(22)8-3-9-32-2/h4-7,10-12H,3,8-9H2,1-2H3,(H,24,29)(H2,25,26,31)/t12-/m0/s1. The largest absolute Gasteiger partial charge is 0.385 e. The molecule has 1 amide bonds. The average Bonchev–Trinajstić information content (AvgIpc) is 3.15. The van der Waals surface area contributed by atoms with Crippen molar-refractivity contribution in [2.75, 3.05) is 19.0 Å². The highest BCUT2D eigenvalue weighted by Crippen LogP contribution is 2.25. The first kappa shape index (κ1) is 23.1. The lowest BCUT2D eigenvalue weighted by atomic mass is 10.2. The molecule has 0 aliphatic carbocycles. The van der Waals surface area contributed by atoms with Gasteiger partial charge in [0.25, 0.3) is 5.56 Å². The molecule has 2 heterocycles. The van der Waals surface area contributed by atoms with Crippen LogP contribution in [0, 0.1) is 0 Å². The summed E-state index contributed by atoms with van der Waals surface area (Å²) < 4.78 is 6.69. The van der Waals surface area contributed by atoms with Gasteiger partial charge in [0, 0.05) is 31.0 Å². The summed E-state index contributed by atoms with van der Waals surface area (Å²) >= 11 is 7.28. The van der Waals surface area contributed by atoms with E-state index in [1.54, 1.807) is 55.0 Å². The molecule has 4 rings (SSSR count). The van der Waals surface area contributed by atoms with Gasteiger partial charge in [-0.25, -0.2) is 9.78 Å². The molecule has 0 bridgehead atoms. The van der Waals surface area contributed by atoms with Crippen LogP contribution in [0.2, 0.25) is 5.02 Å². The third-order valence-electron chi connectivity index (χ3n) is 5.05. The van der Waals surface area contributed by atoms with Crippen molar-refractivity contribution in [3.8, 4) is 0 Å². The van der Waals surface area contributed by atoms with Crippen LogP contribution in [0.15, 0.2) is 51.1 Å². The Morgan fingerprint density at radius 2 is 2.00 bits per heavy atom. The molecule has 1 atom stereocenters. The molecular formula is C22H22ClN5O4S. The zero-order chi connectivity index (χ0) is 23.5. The number of anilines is 1. The Morgan fingerprint density at radius 1 is 1.21 bits per heavy atom. The first-order valence-electron chi connectivity index (χ1n) is 10.2. The predicted molar refractivity (Wildman–Crippen MR) is 130 cm³/mol. The number of rotatable bonds is 8. The number of aromatic amines is 2. The van der Waals surface area contributed by atoms with Gasteiger partial charge >= 0.3 is 5.69 Å². The van der Waals surface area contributed by atoms with Crippen LogP contribution >= 0.6 is 23.4 Å². The fraction of sp³-hybridized carbons (Fsp3) is 0.273. The fourth-order valence-corrected chi connectivity index (χ4v) is 4.49. The molecule has 0 saturated heterocycles. The number of nitrogens with one attached hydrogen (secondary N) is 3. The van der Waals surface area contributed by atoms with Gasteiger partial charge in [0.2, 0.25) is 5.91 Å². The lowest BCUT2D eigenvalue weighted by Crippen LogP contribution is -2.27. The smallest absolute Gasteiger partial charge is 0.323 e. The number of benzene rings is 2. The number of H-pyrrole nitrogens is 2. The van der Waals surface area contributed by atoms with Crippen LogP contribution in [0.25, 0.3) is 21.9 Å². The van der Waals surface area contributed by atoms with E-state index < -0.39 is 5.25 Å². The lowest BCUT2D eigenvalue weighted by Gasteiger charge is -2.16. The molecule has 3 N–H and O–H groups in total. The summed E-state index contributed by atoms with van der Waals surface area (Å²) in [6, 6.07) is 10.1. The van der Waals surface area contributed by atoms with Crippen LogP contribution in [0.3, 0.4) is 0 Å². The van der Waals surface area contributed by atoms with E-state index in [1.165, 1.54) is 11.8 Å². The summed E-state index contributed by atoms with van der Waals surface area (Å²) in [6.07, 6.45) is 0.625. The fourth-order valence-electron chi connectivity index (χ4n) is 3.39. The predicted octanol–water partition coefficient (Wildman–Crippen LogP) is 3.38. The molecule has 0 unspecified atom stereocenters. The maximum Gasteiger partial charge on any atom is 0.323 e. The first-order valence-corrected chi connectivity index (χ1v) is 11.5. The number of fused-ring (bicyclic) bond motifs is 2. The Kier molecular flexibility index (Phi) is 6.87. The maximum absolute atomic E-state index is 13.1. The number of thioether (sulfide) groups is 1. The highest BCUT2D eigenvalue weighted by atomic mass is 35.5. The molecule has 2 aromatic carbocycles. The van der Waals surface area contributed by atoms with E-state index in [9.17, 15) is 14.4 Å². The minimum absolute atomic E-state index is 0.190. The molecule has 4 aromatic rings. The zero-order valence-electron chi connectivity index (χ0n) is 18.0. The van der Waals surface area contributed by atoms with Gasteiger partial charge in [0.1, 0.15) is 0 Å². The second kappa shape index (κ2) is 9.82. The number of aromatic nitrogens is 4. The van der Waals surface area contributed by atoms with Crippen molar-refractivity contribution >= 4 is 56.9 Å². The van der Waals surface area contributed by atoms with Gasteiger partial charge in [-0.15, -0.1) is 0 Å². The molecule has 9 nitrogen and oxygen atoms in total. The molecular weight excluding hydrogens is 466 g/mol. The molecule has 0 aliphatic heterocycles. The Hall–Kier alpha value is -3.08. The van der Waals surface area contributed by atoms with Crippen LogP contribution in [0.4, 0.5) is 5.69 Å². The maximum atomic E-state index is 13.1. The first-order chi connectivity index (χ1) is 15.9. The van der Waals surface area contributed by atoms with Crippen molar-refractivity contribution in [2.45, 2.75) is 30.3 Å². The van der Waals surface area contributed by atoms with Crippen molar-refractivity contribution < 1.29 is 9.53 Å². The van der Waals surface area contributed by atoms with E-state index in [0.29, 0.717) is 57.4 Å². The number of hydrogen-bond acceptors (Lipinski definition) is 6. The van der Waals surface area contributed by atoms with Gasteiger partial charge in [-0.3, -0.25) is 14.2 Å². The molecule has 0 fully saturated rings. The molecule has 172 valence electrons. The van der Waals surface area contributed by atoms with Gasteiger partial charge in [0.05, 0.1) is 27.2 Å². The number of halogens is 1. The molecule has 2 aromatic heterocycles. The van der Waals surface area contributed by atoms with Crippen LogP contribution in [-0.4, -0.2) is 44.4 Å². The number of amides is 1. The monoisotopic (exact) mass is 487 g/mol. The van der Waals surface area contributed by atoms with Gasteiger partial charge in [-0.2, -0.15) is 0 Å². The Labute approximate surface area is 197 Å². The molecule has 33 heavy (non-hydrogen) atoms. The number of methoxy groups -OCH3 is 1. The minimum atomic E-state index is -0.553. The van der Waals surface area contributed by atoms with E-state index in [4.69, 9.17) is 16.3 Å². The van der Waals surface area contributed by atoms with Crippen molar-refractivity contribution in [1.82, 2.24) is 19.5 Å². The van der Waals surface area contributed by atoms with Gasteiger partial charge in [-0.05, 0) is 49.7 Å². The molecule has 0 saturated carbocycles. The van der Waals surface area contributed by atoms with E-state index in [1.807, 2.05) is 0 Å². The van der Waals surface area contributed by atoms with Crippen LogP contribution in [0.1, 0.15) is 13.3 Å². The quantitative estimate of drug-likeness (QED) is 0.199. The SMILES string of the molecule is COCCCn1c(S[C@@H](C)C(=O)Nc2ccc3[nH]c(=O)[nH]c3c2)nc2cc(Cl)ccc2c1=O. The van der Waals surface area contributed by atoms with Gasteiger partial charge in [0.15, 0.2) is 5.16 Å². The van der Waals surface area contributed by atoms with Crippen LogP contribution in [-0.2, 0) is 16.1 Å². The topological polar surface area (TPSA) is 122 Å². The summed E-state index contributed by atoms with van der Waals surface area (Å²) in [5.74, 6) is -0.263. The van der Waals surface area contributed by atoms with Gasteiger partial charge < -0.3 is 20.0 Å². The normalized spacial score (nSPS) is 12.3. The molecule has 0 spiro atoms. The van der Waals surface area contributed by atoms with E-state index in [-0.39, 0.29) is 17.2 Å². The third kappa shape index (κ3) is 5.13. The number of imidazole rings is 1. The molecule has 0 radical (unpaired) electrons. The van der Waals surface area contributed by atoms with Crippen molar-refractivity contribution in [3.05, 3.63) is 62.3 Å². The van der Waals surface area contributed by atoms with Crippen LogP contribution < -0.4 is 16.6 Å². The number of nitrogens with zero attached hydrogens (tertiary/aromatic N) is 2. The highest BCUT2D eigenvalue weighted by Gasteiger charge is 2.20. The van der Waals surface area contributed by atoms with Crippen molar-refractivity contribution in [2.24, 2.45) is 0 Å². The second-order valence-electron chi connectivity index (χ2n) is 7.45. The minimum Gasteiger partial charge on any atom is -0.385 e. The summed E-state index contributed by atoms with van der Waals surface area (Å²) in [4.78, 5) is 47.4. The summed E-state index contributed by atoms with van der Waals surface area (Å²) in [6.45, 7) is 2.64. The second-order valence-corrected chi connectivity index (χ2v) is 9.19. The highest BCUT2D eigenvalue weighted by molar-refractivity contribution is 8.00. The lowest BCUT2D eigenvalue weighted by molar-refractivity contribution is -0.115. The summed E-state index contributed by atoms with van der Waals surface area (Å²) in [5, 5.41) is 3.66. The number of carbonyl (C=O) groups is 1. The summed E-state index contributed by atoms with van der Waals surface area (Å²) in [5.41, 5.74) is 1.77. The number of carbonyl (C=O) groups excluding carboxylic acids is 1. The van der Waals surface area contributed by atoms with Crippen molar-refractivity contribution in [1.29, 1.82) is 0 Å². The Bertz CT molecular complexity index is 1440. The molecule has 0 aliphatic rings. The molecule has 11 heteroatoms. The van der Waals surface area contributed by atoms with E-state index in [2.05, 4.69) is 20.3 Å². The van der Waals surface area contributed by atoms with Gasteiger partial charge in [-0.1, -0.05) is 23.4 Å². The van der Waals surface area contributed by atoms with E-state index in [0.717, 1.165) is 0 Å². The Balaban J connectivity index is 1.59. The third-order valence-corrected chi connectivity index (χ3v) is 6.37. The van der Waals surface area contributed by atoms with Crippen LogP contribution in [0.5, 0.6) is 0 Å². The number of ether oxygens (including phenoxy) is 1. The number of hydrogen-bond donors (Lipinski definition) is 3. The average molecular weight is 488 g/mol. The van der Waals surface area contributed by atoms with Crippen molar-refractivity contribution in [3.63, 3.8) is 0 Å². The zero-order valence-corrected chi connectivity index (χ0v) is 19.5.